The topological polar surface area (TPSA) is 126 Å². The predicted octanol–water partition coefficient (Wildman–Crippen LogP) is 5.03. The Hall–Kier alpha value is -4.49. The van der Waals surface area contributed by atoms with E-state index in [1.165, 1.54) is 0 Å². The molecule has 1 aliphatic heterocycles. The van der Waals surface area contributed by atoms with Crippen LogP contribution in [0.5, 0.6) is 0 Å². The van der Waals surface area contributed by atoms with E-state index in [4.69, 9.17) is 26.4 Å². The van der Waals surface area contributed by atoms with Crippen molar-refractivity contribution in [3.8, 4) is 28.5 Å². The Morgan fingerprint density at radius 1 is 1.15 bits per heavy atom. The van der Waals surface area contributed by atoms with Crippen LogP contribution in [0.15, 0.2) is 48.7 Å². The monoisotopic (exact) mass is 557 g/mol. The summed E-state index contributed by atoms with van der Waals surface area (Å²) in [5.74, 6) is -0.359. The first-order chi connectivity index (χ1) is 19.0. The van der Waals surface area contributed by atoms with Crippen LogP contribution in [0.1, 0.15) is 48.9 Å². The molecule has 1 saturated heterocycles. The number of aromatic nitrogens is 4. The summed E-state index contributed by atoms with van der Waals surface area (Å²) in [4.78, 5) is 36.3. The first kappa shape index (κ1) is 27.1. The zero-order valence-corrected chi connectivity index (χ0v) is 23.4. The van der Waals surface area contributed by atoms with Gasteiger partial charge in [-0.15, -0.1) is 0 Å². The molecule has 0 spiro atoms. The summed E-state index contributed by atoms with van der Waals surface area (Å²) in [5, 5.41) is 17.5. The van der Waals surface area contributed by atoms with Crippen molar-refractivity contribution in [1.29, 1.82) is 5.26 Å². The smallest absolute Gasteiger partial charge is 0.410 e. The number of likely N-dealkylation sites (tertiary alicyclic amines) is 1. The second-order valence-electron chi connectivity index (χ2n) is 10.7. The van der Waals surface area contributed by atoms with Crippen LogP contribution in [-0.2, 0) is 4.74 Å². The molecule has 40 heavy (non-hydrogen) atoms. The standard InChI is InChI=1S/C29H28ClN7O3/c1-17-12-20(14-23(30)32-17)24-25(19-7-5-6-18(13-19)15-31)35-37-11-9-22(34-26(24)37)27(38)33-21-8-10-36(16-21)28(39)40-29(2,3)4/h5-7,9,11-14,21H,8,10,16H2,1-4H3,(H,33,38)/t21-/m1/s1. The van der Waals surface area contributed by atoms with Crippen LogP contribution >= 0.6 is 11.6 Å². The Balaban J connectivity index is 1.49. The second kappa shape index (κ2) is 10.6. The van der Waals surface area contributed by atoms with Gasteiger partial charge in [-0.25, -0.2) is 19.3 Å². The number of amides is 2. The Morgan fingerprint density at radius 3 is 2.67 bits per heavy atom. The first-order valence-electron chi connectivity index (χ1n) is 12.8. The Morgan fingerprint density at radius 2 is 1.95 bits per heavy atom. The van der Waals surface area contributed by atoms with Crippen LogP contribution in [0.4, 0.5) is 4.79 Å². The van der Waals surface area contributed by atoms with Crippen molar-refractivity contribution in [2.45, 2.75) is 45.8 Å². The Bertz CT molecular complexity index is 1650. The van der Waals surface area contributed by atoms with Gasteiger partial charge < -0.3 is 15.0 Å². The minimum atomic E-state index is -0.590. The molecule has 0 bridgehead atoms. The molecule has 0 aliphatic carbocycles. The van der Waals surface area contributed by atoms with E-state index < -0.39 is 11.7 Å². The molecule has 0 unspecified atom stereocenters. The zero-order chi connectivity index (χ0) is 28.6. The third-order valence-corrected chi connectivity index (χ3v) is 6.56. The lowest BCUT2D eigenvalue weighted by Gasteiger charge is -2.24. The number of nitrogens with one attached hydrogen (secondary N) is 1. The van der Waals surface area contributed by atoms with Crippen molar-refractivity contribution in [1.82, 2.24) is 29.8 Å². The van der Waals surface area contributed by atoms with Gasteiger partial charge in [0.05, 0.1) is 17.2 Å². The Kier molecular flexibility index (Phi) is 7.17. The summed E-state index contributed by atoms with van der Waals surface area (Å²) in [7, 11) is 0. The number of rotatable bonds is 4. The van der Waals surface area contributed by atoms with Crippen LogP contribution < -0.4 is 5.32 Å². The van der Waals surface area contributed by atoms with Crippen LogP contribution in [0.2, 0.25) is 5.15 Å². The minimum Gasteiger partial charge on any atom is -0.444 e. The molecule has 3 aromatic heterocycles. The Labute approximate surface area is 236 Å². The maximum Gasteiger partial charge on any atom is 0.410 e. The fourth-order valence-corrected chi connectivity index (χ4v) is 4.91. The third-order valence-electron chi connectivity index (χ3n) is 6.37. The van der Waals surface area contributed by atoms with Crippen molar-refractivity contribution in [2.75, 3.05) is 13.1 Å². The molecule has 1 atom stereocenters. The number of nitrogens with zero attached hydrogens (tertiary/aromatic N) is 6. The molecule has 0 radical (unpaired) electrons. The summed E-state index contributed by atoms with van der Waals surface area (Å²) in [5.41, 5.74) is 3.99. The van der Waals surface area contributed by atoms with Gasteiger partial charge in [0.15, 0.2) is 5.65 Å². The summed E-state index contributed by atoms with van der Waals surface area (Å²) in [6, 6.07) is 14.3. The maximum absolute atomic E-state index is 13.3. The van der Waals surface area contributed by atoms with E-state index in [1.807, 2.05) is 39.8 Å². The lowest BCUT2D eigenvalue weighted by atomic mass is 10.00. The molecule has 1 aliphatic rings. The number of carbonyl (C=O) groups excluding carboxylic acids is 2. The zero-order valence-electron chi connectivity index (χ0n) is 22.6. The number of ether oxygens (including phenoxy) is 1. The second-order valence-corrected chi connectivity index (χ2v) is 11.1. The molecule has 1 N–H and O–H groups in total. The largest absolute Gasteiger partial charge is 0.444 e. The van der Waals surface area contributed by atoms with Crippen molar-refractivity contribution in [3.63, 3.8) is 0 Å². The molecule has 2 amide bonds. The molecule has 0 saturated carbocycles. The van der Waals surface area contributed by atoms with Gasteiger partial charge in [0.2, 0.25) is 0 Å². The fraction of sp³-hybridized carbons (Fsp3) is 0.310. The molecule has 1 aromatic carbocycles. The highest BCUT2D eigenvalue weighted by atomic mass is 35.5. The van der Waals surface area contributed by atoms with Gasteiger partial charge in [-0.2, -0.15) is 10.4 Å². The number of aryl methyl sites for hydroxylation is 1. The highest BCUT2D eigenvalue weighted by Gasteiger charge is 2.31. The molecule has 1 fully saturated rings. The van der Waals surface area contributed by atoms with Crippen molar-refractivity contribution < 1.29 is 14.3 Å². The minimum absolute atomic E-state index is 0.207. The van der Waals surface area contributed by atoms with E-state index in [1.54, 1.807) is 45.9 Å². The third kappa shape index (κ3) is 5.75. The summed E-state index contributed by atoms with van der Waals surface area (Å²) in [6.45, 7) is 8.14. The van der Waals surface area contributed by atoms with E-state index in [0.29, 0.717) is 52.8 Å². The van der Waals surface area contributed by atoms with E-state index >= 15 is 0 Å². The van der Waals surface area contributed by atoms with Gasteiger partial charge >= 0.3 is 6.09 Å². The molecular weight excluding hydrogens is 530 g/mol. The van der Waals surface area contributed by atoms with Crippen molar-refractivity contribution in [2.24, 2.45) is 0 Å². The molecule has 11 heteroatoms. The van der Waals surface area contributed by atoms with E-state index in [-0.39, 0.29) is 17.6 Å². The van der Waals surface area contributed by atoms with Crippen LogP contribution in [-0.4, -0.2) is 61.2 Å². The highest BCUT2D eigenvalue weighted by molar-refractivity contribution is 6.29. The lowest BCUT2D eigenvalue weighted by molar-refractivity contribution is 0.0290. The average Bonchev–Trinajstić information content (AvgIpc) is 3.51. The number of fused-ring (bicyclic) bond motifs is 1. The summed E-state index contributed by atoms with van der Waals surface area (Å²) in [6.07, 6.45) is 1.89. The number of hydrogen-bond donors (Lipinski definition) is 1. The fourth-order valence-electron chi connectivity index (χ4n) is 4.66. The normalized spacial score (nSPS) is 15.2. The molecular formula is C29H28ClN7O3. The molecule has 4 heterocycles. The van der Waals surface area contributed by atoms with Gasteiger partial charge in [-0.1, -0.05) is 23.7 Å². The quantitative estimate of drug-likeness (QED) is 0.349. The molecule has 10 nitrogen and oxygen atoms in total. The van der Waals surface area contributed by atoms with Crippen LogP contribution in [0.25, 0.3) is 28.0 Å². The van der Waals surface area contributed by atoms with Crippen LogP contribution in [0.3, 0.4) is 0 Å². The summed E-state index contributed by atoms with van der Waals surface area (Å²) < 4.78 is 7.05. The molecule has 5 rings (SSSR count). The maximum atomic E-state index is 13.3. The number of pyridine rings is 1. The lowest BCUT2D eigenvalue weighted by Crippen LogP contribution is -2.40. The van der Waals surface area contributed by atoms with Gasteiger partial charge in [0.1, 0.15) is 22.1 Å². The van der Waals surface area contributed by atoms with Gasteiger partial charge in [0, 0.05) is 36.6 Å². The number of benzene rings is 1. The van der Waals surface area contributed by atoms with Crippen LogP contribution in [0, 0.1) is 18.3 Å². The highest BCUT2D eigenvalue weighted by Crippen LogP contribution is 2.36. The molecule has 204 valence electrons. The molecule has 4 aromatic rings. The van der Waals surface area contributed by atoms with Gasteiger partial charge in [0.25, 0.3) is 5.91 Å². The first-order valence-corrected chi connectivity index (χ1v) is 13.2. The SMILES string of the molecule is Cc1cc(-c2c(-c3cccc(C#N)c3)nn3ccc(C(=O)N[C@@H]4CCN(C(=O)OC(C)(C)C)C4)nc23)cc(Cl)n1. The number of carbonyl (C=O) groups is 2. The number of nitriles is 1. The van der Waals surface area contributed by atoms with Gasteiger partial charge in [-0.3, -0.25) is 4.79 Å². The van der Waals surface area contributed by atoms with Gasteiger partial charge in [-0.05, 0) is 70.0 Å². The predicted molar refractivity (Wildman–Crippen MR) is 150 cm³/mol. The van der Waals surface area contributed by atoms with Crippen molar-refractivity contribution >= 4 is 29.2 Å². The number of halogens is 1. The van der Waals surface area contributed by atoms with E-state index in [2.05, 4.69) is 16.4 Å². The van der Waals surface area contributed by atoms with E-state index in [0.717, 1.165) is 11.1 Å². The summed E-state index contributed by atoms with van der Waals surface area (Å²) >= 11 is 6.31. The van der Waals surface area contributed by atoms with Crippen molar-refractivity contribution in [3.05, 3.63) is 70.8 Å². The number of hydrogen-bond acceptors (Lipinski definition) is 7. The average molecular weight is 558 g/mol. The van der Waals surface area contributed by atoms with E-state index in [9.17, 15) is 14.9 Å².